The molecule has 1 aliphatic heterocycles. The third kappa shape index (κ3) is 4.53. The minimum absolute atomic E-state index is 0.0966. The summed E-state index contributed by atoms with van der Waals surface area (Å²) in [5.74, 6) is -0.0966. The molecule has 0 saturated carbocycles. The van der Waals surface area contributed by atoms with Gasteiger partial charge in [-0.15, -0.1) is 0 Å². The minimum Gasteiger partial charge on any atom is -0.462 e. The molecular weight excluding hydrogens is 252 g/mol. The number of rotatable bonds is 5. The molecule has 0 radical (unpaired) electrons. The third-order valence-electron chi connectivity index (χ3n) is 3.75. The lowest BCUT2D eigenvalue weighted by Crippen LogP contribution is -2.35. The van der Waals surface area contributed by atoms with Crippen molar-refractivity contribution in [1.29, 1.82) is 0 Å². The van der Waals surface area contributed by atoms with Crippen LogP contribution < -0.4 is 5.32 Å². The molecule has 1 saturated heterocycles. The van der Waals surface area contributed by atoms with Gasteiger partial charge in [0.2, 0.25) is 0 Å². The quantitative estimate of drug-likeness (QED) is 0.839. The number of ether oxygens (including phenoxy) is 1. The predicted octanol–water partition coefficient (Wildman–Crippen LogP) is 2.43. The summed E-state index contributed by atoms with van der Waals surface area (Å²) < 4.78 is 5.50. The van der Waals surface area contributed by atoms with Crippen LogP contribution in [0.5, 0.6) is 0 Å². The molecule has 0 spiro atoms. The van der Waals surface area contributed by atoms with Crippen LogP contribution in [0, 0.1) is 6.92 Å². The van der Waals surface area contributed by atoms with Crippen molar-refractivity contribution in [2.45, 2.75) is 32.3 Å². The van der Waals surface area contributed by atoms with Gasteiger partial charge in [-0.3, -0.25) is 4.79 Å². The molecule has 1 fully saturated rings. The topological polar surface area (TPSA) is 41.6 Å². The van der Waals surface area contributed by atoms with Crippen LogP contribution >= 0.6 is 0 Å². The molecule has 4 nitrogen and oxygen atoms in total. The van der Waals surface area contributed by atoms with Gasteiger partial charge in [0, 0.05) is 25.3 Å². The molecule has 110 valence electrons. The summed E-state index contributed by atoms with van der Waals surface area (Å²) in [6.45, 7) is 4.70. The van der Waals surface area contributed by atoms with Gasteiger partial charge in [-0.25, -0.2) is 0 Å². The normalized spacial score (nSPS) is 16.9. The molecule has 1 aromatic rings. The maximum absolute atomic E-state index is 11.8. The van der Waals surface area contributed by atoms with E-state index < -0.39 is 0 Å². The first-order valence-electron chi connectivity index (χ1n) is 7.32. The van der Waals surface area contributed by atoms with Crippen LogP contribution in [-0.4, -0.2) is 43.7 Å². The summed E-state index contributed by atoms with van der Waals surface area (Å²) in [6, 6.07) is 8.08. The first kappa shape index (κ1) is 14.9. The summed E-state index contributed by atoms with van der Waals surface area (Å²) in [7, 11) is 2.10. The van der Waals surface area contributed by atoms with Crippen molar-refractivity contribution >= 4 is 11.7 Å². The number of para-hydroxylation sites is 1. The van der Waals surface area contributed by atoms with Gasteiger partial charge in [-0.05, 0) is 38.4 Å². The fraction of sp³-hybridized carbons (Fsp3) is 0.562. The van der Waals surface area contributed by atoms with Crippen LogP contribution in [-0.2, 0) is 9.53 Å². The molecule has 1 aromatic carbocycles. The van der Waals surface area contributed by atoms with Crippen LogP contribution in [0.25, 0.3) is 0 Å². The third-order valence-corrected chi connectivity index (χ3v) is 3.75. The van der Waals surface area contributed by atoms with E-state index in [-0.39, 0.29) is 12.1 Å². The van der Waals surface area contributed by atoms with E-state index in [1.54, 1.807) is 0 Å². The first-order valence-corrected chi connectivity index (χ1v) is 7.32. The number of anilines is 1. The van der Waals surface area contributed by atoms with E-state index in [4.69, 9.17) is 4.74 Å². The van der Waals surface area contributed by atoms with Crippen molar-refractivity contribution in [3.63, 3.8) is 0 Å². The second-order valence-electron chi connectivity index (χ2n) is 5.48. The Kier molecular flexibility index (Phi) is 5.41. The molecule has 1 heterocycles. The lowest BCUT2D eigenvalue weighted by atomic mass is 10.1. The monoisotopic (exact) mass is 276 g/mol. The van der Waals surface area contributed by atoms with Crippen LogP contribution in [0.3, 0.4) is 0 Å². The molecule has 4 heteroatoms. The number of nitrogens with zero attached hydrogens (tertiary/aromatic N) is 1. The van der Waals surface area contributed by atoms with Gasteiger partial charge in [0.15, 0.2) is 0 Å². The van der Waals surface area contributed by atoms with Gasteiger partial charge in [0.25, 0.3) is 0 Å². The molecule has 1 N–H and O–H groups in total. The van der Waals surface area contributed by atoms with Crippen molar-refractivity contribution in [3.8, 4) is 0 Å². The number of aryl methyl sites for hydroxylation is 1. The van der Waals surface area contributed by atoms with Gasteiger partial charge < -0.3 is 15.0 Å². The Hall–Kier alpha value is -1.55. The van der Waals surface area contributed by atoms with E-state index >= 15 is 0 Å². The Morgan fingerprint density at radius 2 is 2.05 bits per heavy atom. The van der Waals surface area contributed by atoms with Crippen molar-refractivity contribution in [1.82, 2.24) is 4.90 Å². The number of hydrogen-bond donors (Lipinski definition) is 1. The zero-order chi connectivity index (χ0) is 14.4. The van der Waals surface area contributed by atoms with Gasteiger partial charge in [-0.1, -0.05) is 18.2 Å². The summed E-state index contributed by atoms with van der Waals surface area (Å²) in [6.07, 6.45) is 2.43. The van der Waals surface area contributed by atoms with Crippen LogP contribution in [0.1, 0.15) is 24.8 Å². The van der Waals surface area contributed by atoms with Crippen molar-refractivity contribution in [2.24, 2.45) is 0 Å². The van der Waals surface area contributed by atoms with Crippen LogP contribution in [0.15, 0.2) is 24.3 Å². The second kappa shape index (κ2) is 7.29. The number of carbonyl (C=O) groups is 1. The largest absolute Gasteiger partial charge is 0.462 e. The summed E-state index contributed by atoms with van der Waals surface area (Å²) in [4.78, 5) is 14.1. The Balaban J connectivity index is 1.67. The van der Waals surface area contributed by atoms with E-state index in [0.29, 0.717) is 13.0 Å². The minimum atomic E-state index is -0.0966. The Morgan fingerprint density at radius 1 is 1.35 bits per heavy atom. The highest BCUT2D eigenvalue weighted by Gasteiger charge is 2.19. The summed E-state index contributed by atoms with van der Waals surface area (Å²) >= 11 is 0. The molecule has 0 aliphatic carbocycles. The smallest absolute Gasteiger partial charge is 0.307 e. The van der Waals surface area contributed by atoms with Crippen molar-refractivity contribution in [3.05, 3.63) is 29.8 Å². The van der Waals surface area contributed by atoms with E-state index in [1.165, 1.54) is 5.56 Å². The maximum Gasteiger partial charge on any atom is 0.307 e. The zero-order valence-corrected chi connectivity index (χ0v) is 12.4. The molecule has 0 amide bonds. The Morgan fingerprint density at radius 3 is 2.75 bits per heavy atom. The highest BCUT2D eigenvalue weighted by atomic mass is 16.5. The molecule has 1 aliphatic rings. The number of carbonyl (C=O) groups excluding carboxylic acids is 1. The Labute approximate surface area is 121 Å². The summed E-state index contributed by atoms with van der Waals surface area (Å²) in [5.41, 5.74) is 2.27. The highest BCUT2D eigenvalue weighted by Crippen LogP contribution is 2.14. The number of nitrogens with one attached hydrogen (secondary N) is 1. The number of esters is 1. The number of likely N-dealkylation sites (tertiary alicyclic amines) is 1. The molecule has 0 atom stereocenters. The van der Waals surface area contributed by atoms with E-state index in [2.05, 4.69) is 30.3 Å². The van der Waals surface area contributed by atoms with Gasteiger partial charge in [0.05, 0.1) is 6.42 Å². The van der Waals surface area contributed by atoms with Crippen LogP contribution in [0.2, 0.25) is 0 Å². The fourth-order valence-electron chi connectivity index (χ4n) is 2.42. The molecule has 0 bridgehead atoms. The predicted molar refractivity (Wildman–Crippen MR) is 80.9 cm³/mol. The van der Waals surface area contributed by atoms with Crippen LogP contribution in [0.4, 0.5) is 5.69 Å². The summed E-state index contributed by atoms with van der Waals surface area (Å²) in [5, 5.41) is 3.28. The van der Waals surface area contributed by atoms with Gasteiger partial charge >= 0.3 is 5.97 Å². The number of piperidine rings is 1. The number of hydrogen-bond acceptors (Lipinski definition) is 4. The van der Waals surface area contributed by atoms with E-state index in [1.807, 2.05) is 18.2 Å². The van der Waals surface area contributed by atoms with E-state index in [9.17, 15) is 4.79 Å². The lowest BCUT2D eigenvalue weighted by molar-refractivity contribution is -0.150. The van der Waals surface area contributed by atoms with E-state index in [0.717, 1.165) is 31.6 Å². The zero-order valence-electron chi connectivity index (χ0n) is 12.4. The van der Waals surface area contributed by atoms with Gasteiger partial charge in [-0.2, -0.15) is 0 Å². The second-order valence-corrected chi connectivity index (χ2v) is 5.48. The van der Waals surface area contributed by atoms with Gasteiger partial charge in [0.1, 0.15) is 6.10 Å². The highest BCUT2D eigenvalue weighted by molar-refractivity contribution is 5.70. The van der Waals surface area contributed by atoms with Crippen molar-refractivity contribution in [2.75, 3.05) is 32.0 Å². The average molecular weight is 276 g/mol. The molecular formula is C16H24N2O2. The van der Waals surface area contributed by atoms with Crippen molar-refractivity contribution < 1.29 is 9.53 Å². The molecule has 20 heavy (non-hydrogen) atoms. The number of benzene rings is 1. The Bertz CT molecular complexity index is 440. The molecule has 0 aromatic heterocycles. The fourth-order valence-corrected chi connectivity index (χ4v) is 2.42. The molecule has 0 unspecified atom stereocenters. The average Bonchev–Trinajstić information content (AvgIpc) is 2.43. The molecule has 2 rings (SSSR count). The standard InChI is InChI=1S/C16H24N2O2/c1-13-5-3-4-6-15(13)17-10-7-16(19)20-14-8-11-18(2)12-9-14/h3-6,14,17H,7-12H2,1-2H3. The SMILES string of the molecule is Cc1ccccc1NCCC(=O)OC1CCN(C)CC1. The first-order chi connectivity index (χ1) is 9.65. The maximum atomic E-state index is 11.8. The lowest BCUT2D eigenvalue weighted by Gasteiger charge is -2.28.